The summed E-state index contributed by atoms with van der Waals surface area (Å²) in [5.74, 6) is -2.64. The highest BCUT2D eigenvalue weighted by Crippen LogP contribution is 2.29. The van der Waals surface area contributed by atoms with Crippen molar-refractivity contribution in [1.29, 1.82) is 0 Å². The van der Waals surface area contributed by atoms with E-state index in [1.165, 1.54) is 24.4 Å². The van der Waals surface area contributed by atoms with Crippen LogP contribution in [0.1, 0.15) is 5.56 Å². The summed E-state index contributed by atoms with van der Waals surface area (Å²) in [5, 5.41) is 8.69. The Kier molecular flexibility index (Phi) is 4.30. The van der Waals surface area contributed by atoms with Crippen molar-refractivity contribution in [2.45, 2.75) is 12.8 Å². The Morgan fingerprint density at radius 2 is 2.00 bits per heavy atom. The van der Waals surface area contributed by atoms with Gasteiger partial charge in [-0.15, -0.1) is 13.2 Å². The molecule has 0 spiro atoms. The van der Waals surface area contributed by atoms with E-state index in [0.717, 1.165) is 12.1 Å². The number of hydrogen-bond donors (Lipinski definition) is 1. The molecule has 0 fully saturated rings. The predicted molar refractivity (Wildman–Crippen MR) is 67.7 cm³/mol. The first kappa shape index (κ1) is 15.7. The van der Waals surface area contributed by atoms with Gasteiger partial charge >= 0.3 is 12.3 Å². The van der Waals surface area contributed by atoms with E-state index in [2.05, 4.69) is 9.72 Å². The molecular weight excluding hydrogens is 306 g/mol. The van der Waals surface area contributed by atoms with Crippen LogP contribution in [0.3, 0.4) is 0 Å². The Balaban J connectivity index is 2.40. The van der Waals surface area contributed by atoms with Crippen LogP contribution in [0.5, 0.6) is 5.75 Å². The second-order valence-corrected chi connectivity index (χ2v) is 4.28. The van der Waals surface area contributed by atoms with Gasteiger partial charge in [-0.05, 0) is 18.2 Å². The number of hydrogen-bond acceptors (Lipinski definition) is 3. The van der Waals surface area contributed by atoms with Crippen LogP contribution in [-0.2, 0) is 11.2 Å². The molecule has 0 bridgehead atoms. The molecule has 0 aliphatic heterocycles. The highest BCUT2D eigenvalue weighted by molar-refractivity contribution is 5.71. The first-order valence-electron chi connectivity index (χ1n) is 5.97. The molecule has 8 heteroatoms. The van der Waals surface area contributed by atoms with Gasteiger partial charge in [0.15, 0.2) is 5.82 Å². The minimum absolute atomic E-state index is 0.0477. The van der Waals surface area contributed by atoms with E-state index in [9.17, 15) is 22.4 Å². The third kappa shape index (κ3) is 3.94. The van der Waals surface area contributed by atoms with Gasteiger partial charge in [-0.25, -0.2) is 4.39 Å². The molecule has 0 atom stereocenters. The van der Waals surface area contributed by atoms with Crippen LogP contribution in [0.4, 0.5) is 17.6 Å². The first-order chi connectivity index (χ1) is 10.3. The molecule has 0 aliphatic carbocycles. The minimum Gasteiger partial charge on any atom is -0.481 e. The summed E-state index contributed by atoms with van der Waals surface area (Å²) in [6, 6.07) is 5.84. The largest absolute Gasteiger partial charge is 0.573 e. The molecule has 1 aromatic heterocycles. The molecule has 0 amide bonds. The molecule has 1 heterocycles. The van der Waals surface area contributed by atoms with Gasteiger partial charge in [0, 0.05) is 17.3 Å². The van der Waals surface area contributed by atoms with Gasteiger partial charge in [0.1, 0.15) is 11.4 Å². The molecule has 22 heavy (non-hydrogen) atoms. The van der Waals surface area contributed by atoms with Crippen LogP contribution in [0.25, 0.3) is 11.3 Å². The molecule has 1 aromatic carbocycles. The van der Waals surface area contributed by atoms with Crippen LogP contribution in [-0.4, -0.2) is 22.4 Å². The molecular formula is C14H9F4NO3. The monoisotopic (exact) mass is 315 g/mol. The van der Waals surface area contributed by atoms with Crippen molar-refractivity contribution in [3.63, 3.8) is 0 Å². The number of halogens is 4. The number of alkyl halides is 3. The van der Waals surface area contributed by atoms with Crippen molar-refractivity contribution in [3.05, 3.63) is 47.9 Å². The lowest BCUT2D eigenvalue weighted by atomic mass is 10.1. The van der Waals surface area contributed by atoms with Crippen LogP contribution >= 0.6 is 0 Å². The van der Waals surface area contributed by atoms with Gasteiger partial charge in [-0.1, -0.05) is 12.1 Å². The molecule has 0 unspecified atom stereocenters. The molecule has 0 saturated carbocycles. The SMILES string of the molecule is O=C(O)Cc1ccnc(-c2cccc(OC(F)(F)F)c2)c1F. The van der Waals surface area contributed by atoms with Crippen molar-refractivity contribution >= 4 is 5.97 Å². The second kappa shape index (κ2) is 6.00. The Labute approximate surface area is 122 Å². The summed E-state index contributed by atoms with van der Waals surface area (Å²) in [4.78, 5) is 14.4. The van der Waals surface area contributed by atoms with Gasteiger partial charge in [0.25, 0.3) is 0 Å². The zero-order valence-corrected chi connectivity index (χ0v) is 10.9. The fourth-order valence-corrected chi connectivity index (χ4v) is 1.82. The van der Waals surface area contributed by atoms with Crippen molar-refractivity contribution in [1.82, 2.24) is 4.98 Å². The Morgan fingerprint density at radius 1 is 1.27 bits per heavy atom. The molecule has 0 radical (unpaired) electrons. The number of pyridine rings is 1. The van der Waals surface area contributed by atoms with E-state index >= 15 is 0 Å². The van der Waals surface area contributed by atoms with E-state index < -0.39 is 30.3 Å². The number of carboxylic acids is 1. The van der Waals surface area contributed by atoms with Crippen molar-refractivity contribution in [2.75, 3.05) is 0 Å². The average molecular weight is 315 g/mol. The van der Waals surface area contributed by atoms with Gasteiger partial charge in [-0.2, -0.15) is 0 Å². The summed E-state index contributed by atoms with van der Waals surface area (Å²) in [6.07, 6.45) is -4.23. The van der Waals surface area contributed by atoms with Crippen LogP contribution in [0.2, 0.25) is 0 Å². The minimum atomic E-state index is -4.87. The number of carboxylic acid groups (broad SMARTS) is 1. The standard InChI is InChI=1S/C14H9F4NO3/c15-12-8(7-11(20)21)4-5-19-13(12)9-2-1-3-10(6-9)22-14(16,17)18/h1-6H,7H2,(H,20,21). The molecule has 2 aromatic rings. The molecule has 0 aliphatic rings. The van der Waals surface area contributed by atoms with Gasteiger partial charge in [-0.3, -0.25) is 9.78 Å². The lowest BCUT2D eigenvalue weighted by Gasteiger charge is -2.11. The zero-order valence-electron chi connectivity index (χ0n) is 10.9. The number of nitrogens with zero attached hydrogens (tertiary/aromatic N) is 1. The van der Waals surface area contributed by atoms with E-state index in [4.69, 9.17) is 5.11 Å². The normalized spacial score (nSPS) is 11.3. The first-order valence-corrected chi connectivity index (χ1v) is 5.97. The number of benzene rings is 1. The molecule has 1 N–H and O–H groups in total. The summed E-state index contributed by atoms with van der Waals surface area (Å²) in [6.45, 7) is 0. The second-order valence-electron chi connectivity index (χ2n) is 4.28. The maximum Gasteiger partial charge on any atom is 0.573 e. The van der Waals surface area contributed by atoms with Crippen molar-refractivity contribution in [3.8, 4) is 17.0 Å². The highest BCUT2D eigenvalue weighted by Gasteiger charge is 2.31. The van der Waals surface area contributed by atoms with E-state index in [-0.39, 0.29) is 16.8 Å². The molecule has 2 rings (SSSR count). The number of aliphatic carboxylic acids is 1. The Hall–Kier alpha value is -2.64. The lowest BCUT2D eigenvalue weighted by Crippen LogP contribution is -2.17. The number of carbonyl (C=O) groups is 1. The summed E-state index contributed by atoms with van der Waals surface area (Å²) in [7, 11) is 0. The number of ether oxygens (including phenoxy) is 1. The Morgan fingerprint density at radius 3 is 2.64 bits per heavy atom. The smallest absolute Gasteiger partial charge is 0.481 e. The summed E-state index contributed by atoms with van der Waals surface area (Å²) >= 11 is 0. The fourth-order valence-electron chi connectivity index (χ4n) is 1.82. The molecule has 0 saturated heterocycles. The summed E-state index contributed by atoms with van der Waals surface area (Å²) in [5.41, 5.74) is -0.308. The van der Waals surface area contributed by atoms with Gasteiger partial charge in [0.2, 0.25) is 0 Å². The number of aromatic nitrogens is 1. The average Bonchev–Trinajstić information content (AvgIpc) is 2.39. The molecule has 116 valence electrons. The van der Waals surface area contributed by atoms with E-state index in [1.54, 1.807) is 0 Å². The van der Waals surface area contributed by atoms with E-state index in [0.29, 0.717) is 0 Å². The maximum absolute atomic E-state index is 14.2. The zero-order chi connectivity index (χ0) is 16.3. The third-order valence-corrected chi connectivity index (χ3v) is 2.65. The molecule has 4 nitrogen and oxygen atoms in total. The van der Waals surface area contributed by atoms with Crippen LogP contribution in [0, 0.1) is 5.82 Å². The fraction of sp³-hybridized carbons (Fsp3) is 0.143. The summed E-state index contributed by atoms with van der Waals surface area (Å²) < 4.78 is 54.5. The van der Waals surface area contributed by atoms with E-state index in [1.807, 2.05) is 0 Å². The third-order valence-electron chi connectivity index (χ3n) is 2.65. The van der Waals surface area contributed by atoms with Crippen molar-refractivity contribution < 1.29 is 32.2 Å². The lowest BCUT2D eigenvalue weighted by molar-refractivity contribution is -0.274. The topological polar surface area (TPSA) is 59.4 Å². The number of rotatable bonds is 4. The maximum atomic E-state index is 14.2. The van der Waals surface area contributed by atoms with Gasteiger partial charge in [0.05, 0.1) is 6.42 Å². The van der Waals surface area contributed by atoms with Gasteiger partial charge < -0.3 is 9.84 Å². The predicted octanol–water partition coefficient (Wildman–Crippen LogP) is 3.41. The highest BCUT2D eigenvalue weighted by atomic mass is 19.4. The van der Waals surface area contributed by atoms with Crippen LogP contribution < -0.4 is 4.74 Å². The van der Waals surface area contributed by atoms with Crippen LogP contribution in [0.15, 0.2) is 36.5 Å². The Bertz CT molecular complexity index is 701. The quantitative estimate of drug-likeness (QED) is 0.878. The van der Waals surface area contributed by atoms with Crippen molar-refractivity contribution in [2.24, 2.45) is 0 Å².